The Morgan fingerprint density at radius 2 is 0.933 bits per heavy atom. The predicted octanol–water partition coefficient (Wildman–Crippen LogP) is 13.3. The molecule has 1 aliphatic rings. The number of hydrogen-bond acceptors (Lipinski definition) is 3. The van der Waals surface area contributed by atoms with E-state index in [0.29, 0.717) is 0 Å². The number of nitrogens with two attached hydrogens (primary N) is 1. The quantitative estimate of drug-likeness (QED) is 0.0569. The van der Waals surface area contributed by atoms with Crippen LogP contribution in [0, 0.1) is 0 Å². The van der Waals surface area contributed by atoms with E-state index in [9.17, 15) is 0 Å². The smallest absolute Gasteiger partial charge is 0.0997 e. The summed E-state index contributed by atoms with van der Waals surface area (Å²) in [5.74, 6) is 1.38. The minimum Gasteiger partial charge on any atom is -0.358 e. The molecule has 0 aromatic heterocycles. The van der Waals surface area contributed by atoms with Gasteiger partial charge in [0.1, 0.15) is 0 Å². The maximum absolute atomic E-state index is 5.97. The first-order valence-electron chi connectivity index (χ1n) is 20.5. The third-order valence-corrected chi connectivity index (χ3v) is 9.83. The summed E-state index contributed by atoms with van der Waals surface area (Å²) in [6.07, 6.45) is 50.2. The van der Waals surface area contributed by atoms with Gasteiger partial charge in [-0.3, -0.25) is 4.99 Å². The van der Waals surface area contributed by atoms with Crippen LogP contribution >= 0.6 is 0 Å². The van der Waals surface area contributed by atoms with Crippen molar-refractivity contribution in [3.63, 3.8) is 0 Å². The average Bonchev–Trinajstić information content (AvgIpc) is 3.35. The van der Waals surface area contributed by atoms with Crippen molar-refractivity contribution in [2.45, 2.75) is 219 Å². The van der Waals surface area contributed by atoms with Crippen molar-refractivity contribution < 1.29 is 0 Å². The number of nitrogens with zero attached hydrogens (tertiary/aromatic N) is 2. The van der Waals surface area contributed by atoms with Gasteiger partial charge in [0.15, 0.2) is 0 Å². The Labute approximate surface area is 283 Å². The highest BCUT2D eigenvalue weighted by Crippen LogP contribution is 2.27. The molecule has 0 aromatic carbocycles. The van der Waals surface area contributed by atoms with Crippen LogP contribution in [0.4, 0.5) is 0 Å². The Kier molecular flexibility index (Phi) is 29.4. The molecule has 1 rings (SSSR count). The monoisotopic (exact) mass is 628 g/mol. The highest BCUT2D eigenvalue weighted by atomic mass is 15.3. The first kappa shape index (κ1) is 41.9. The fourth-order valence-corrected chi connectivity index (χ4v) is 6.87. The lowest BCUT2D eigenvalue weighted by Gasteiger charge is -2.25. The van der Waals surface area contributed by atoms with Crippen molar-refractivity contribution >= 4 is 5.84 Å². The topological polar surface area (TPSA) is 41.6 Å². The van der Waals surface area contributed by atoms with E-state index in [4.69, 9.17) is 10.7 Å². The third-order valence-electron chi connectivity index (χ3n) is 9.83. The fourth-order valence-electron chi connectivity index (χ4n) is 6.87. The van der Waals surface area contributed by atoms with E-state index in [1.54, 1.807) is 0 Å². The van der Waals surface area contributed by atoms with Gasteiger partial charge in [0.05, 0.1) is 11.4 Å². The van der Waals surface area contributed by atoms with Crippen LogP contribution < -0.4 is 5.73 Å². The van der Waals surface area contributed by atoms with E-state index in [2.05, 4.69) is 50.0 Å². The van der Waals surface area contributed by atoms with E-state index >= 15 is 0 Å². The van der Waals surface area contributed by atoms with Gasteiger partial charge in [0.2, 0.25) is 0 Å². The molecule has 1 atom stereocenters. The molecule has 45 heavy (non-hydrogen) atoms. The summed E-state index contributed by atoms with van der Waals surface area (Å²) >= 11 is 0. The van der Waals surface area contributed by atoms with Gasteiger partial charge in [-0.05, 0) is 84.1 Å². The molecule has 0 saturated carbocycles. The second kappa shape index (κ2) is 31.5. The lowest BCUT2D eigenvalue weighted by molar-refractivity contribution is 0.335. The summed E-state index contributed by atoms with van der Waals surface area (Å²) in [6, 6.07) is 0. The van der Waals surface area contributed by atoms with E-state index < -0.39 is 0 Å². The van der Waals surface area contributed by atoms with Gasteiger partial charge in [0.25, 0.3) is 0 Å². The molecule has 2 N–H and O–H groups in total. The zero-order valence-corrected chi connectivity index (χ0v) is 31.1. The molecule has 264 valence electrons. The van der Waals surface area contributed by atoms with Crippen molar-refractivity contribution in [3.8, 4) is 0 Å². The van der Waals surface area contributed by atoms with Crippen molar-refractivity contribution in [3.05, 3.63) is 24.3 Å². The van der Waals surface area contributed by atoms with Gasteiger partial charge in [-0.25, -0.2) is 0 Å². The number of aliphatic imine (C=N–C) groups is 1. The van der Waals surface area contributed by atoms with Gasteiger partial charge >= 0.3 is 0 Å². The minimum atomic E-state index is 0.0369. The number of rotatable bonds is 34. The molecule has 0 bridgehead atoms. The molecule has 3 heteroatoms. The number of unbranched alkanes of at least 4 members (excludes halogenated alkanes) is 24. The SMILES string of the molecule is CCCCCCCC/C=C\CCCCCCCCC1=NC(C)(CCN)CN1CCCCCCCC/C=C\CCCCCCCC. The molecule has 0 saturated heterocycles. The Morgan fingerprint density at radius 1 is 0.556 bits per heavy atom. The highest BCUT2D eigenvalue weighted by Gasteiger charge is 2.33. The predicted molar refractivity (Wildman–Crippen MR) is 205 cm³/mol. The summed E-state index contributed by atoms with van der Waals surface area (Å²) in [4.78, 5) is 7.87. The molecule has 1 unspecified atom stereocenters. The average molecular weight is 628 g/mol. The zero-order chi connectivity index (χ0) is 32.5. The van der Waals surface area contributed by atoms with Crippen molar-refractivity contribution in [2.24, 2.45) is 10.7 Å². The zero-order valence-electron chi connectivity index (χ0n) is 31.1. The Bertz CT molecular complexity index is 711. The maximum Gasteiger partial charge on any atom is 0.0997 e. The molecular weight excluding hydrogens is 546 g/mol. The Morgan fingerprint density at radius 3 is 1.36 bits per heavy atom. The Balaban J connectivity index is 2.06. The van der Waals surface area contributed by atoms with Gasteiger partial charge in [-0.15, -0.1) is 0 Å². The standard InChI is InChI=1S/C42H81N3/c1-4-6-8-10-12-14-16-18-20-22-24-26-28-30-32-34-36-41-44-42(3,37-38-43)40-45(41)39-35-33-31-29-27-25-23-21-19-17-15-13-11-9-7-5-2/h18-21H,4-17,22-40,43H2,1-3H3/b20-18-,21-19-. The van der Waals surface area contributed by atoms with E-state index in [1.807, 2.05) is 0 Å². The van der Waals surface area contributed by atoms with Crippen LogP contribution in [-0.4, -0.2) is 35.9 Å². The molecule has 1 heterocycles. The van der Waals surface area contributed by atoms with Crippen LogP contribution in [0.25, 0.3) is 0 Å². The van der Waals surface area contributed by atoms with Crippen LogP contribution in [0.2, 0.25) is 0 Å². The van der Waals surface area contributed by atoms with Crippen LogP contribution in [0.3, 0.4) is 0 Å². The summed E-state index contributed by atoms with van der Waals surface area (Å²) in [7, 11) is 0. The van der Waals surface area contributed by atoms with Crippen molar-refractivity contribution in [1.29, 1.82) is 0 Å². The van der Waals surface area contributed by atoms with Crippen molar-refractivity contribution in [2.75, 3.05) is 19.6 Å². The number of hydrogen-bond donors (Lipinski definition) is 1. The van der Waals surface area contributed by atoms with E-state index in [0.717, 1.165) is 25.9 Å². The van der Waals surface area contributed by atoms with Crippen LogP contribution in [0.5, 0.6) is 0 Å². The largest absolute Gasteiger partial charge is 0.358 e. The summed E-state index contributed by atoms with van der Waals surface area (Å²) < 4.78 is 0. The molecule has 0 aliphatic carbocycles. The summed E-state index contributed by atoms with van der Waals surface area (Å²) in [5, 5.41) is 0. The van der Waals surface area contributed by atoms with Crippen molar-refractivity contribution in [1.82, 2.24) is 4.90 Å². The Hall–Kier alpha value is -1.09. The molecule has 0 aromatic rings. The van der Waals surface area contributed by atoms with Gasteiger partial charge in [0, 0.05) is 19.5 Å². The molecule has 0 amide bonds. The first-order valence-corrected chi connectivity index (χ1v) is 20.5. The molecule has 0 radical (unpaired) electrons. The second-order valence-corrected chi connectivity index (χ2v) is 14.6. The lowest BCUT2D eigenvalue weighted by Crippen LogP contribution is -2.36. The highest BCUT2D eigenvalue weighted by molar-refractivity contribution is 5.84. The lowest BCUT2D eigenvalue weighted by atomic mass is 9.99. The molecular formula is C42H81N3. The van der Waals surface area contributed by atoms with Crippen LogP contribution in [-0.2, 0) is 0 Å². The van der Waals surface area contributed by atoms with Gasteiger partial charge in [-0.2, -0.15) is 0 Å². The van der Waals surface area contributed by atoms with Crippen LogP contribution in [0.15, 0.2) is 29.3 Å². The van der Waals surface area contributed by atoms with Gasteiger partial charge < -0.3 is 10.6 Å². The third kappa shape index (κ3) is 25.7. The summed E-state index contributed by atoms with van der Waals surface area (Å²) in [6.45, 7) is 9.92. The van der Waals surface area contributed by atoms with E-state index in [1.165, 1.54) is 192 Å². The van der Waals surface area contributed by atoms with Gasteiger partial charge in [-0.1, -0.05) is 154 Å². The molecule has 0 spiro atoms. The minimum absolute atomic E-state index is 0.0369. The molecule has 3 nitrogen and oxygen atoms in total. The molecule has 1 aliphatic heterocycles. The molecule has 0 fully saturated rings. The van der Waals surface area contributed by atoms with E-state index in [-0.39, 0.29) is 5.54 Å². The normalized spacial score (nSPS) is 17.0. The number of allylic oxidation sites excluding steroid dienone is 4. The second-order valence-electron chi connectivity index (χ2n) is 14.6. The number of amidine groups is 1. The summed E-state index contributed by atoms with van der Waals surface area (Å²) in [5.41, 5.74) is 6.01. The fraction of sp³-hybridized carbons (Fsp3) is 0.881. The maximum atomic E-state index is 5.97. The van der Waals surface area contributed by atoms with Crippen LogP contribution in [0.1, 0.15) is 213 Å². The first-order chi connectivity index (χ1) is 22.1.